The maximum absolute atomic E-state index is 11.4. The second-order valence-electron chi connectivity index (χ2n) is 1.61. The molecule has 0 saturated heterocycles. The molecule has 0 aliphatic carbocycles. The Bertz CT molecular complexity index is 117. The van der Waals surface area contributed by atoms with Crippen molar-refractivity contribution in [2.45, 2.75) is 6.43 Å². The molecule has 0 aromatic carbocycles. The minimum Gasteiger partial charge on any atom is -0.409 e. The molecule has 4 nitrogen and oxygen atoms in total. The molecule has 0 bridgehead atoms. The minimum absolute atomic E-state index is 0.0269. The number of nitrogens with one attached hydrogen (secondary N) is 1. The van der Waals surface area contributed by atoms with Crippen molar-refractivity contribution in [2.75, 3.05) is 13.1 Å². The van der Waals surface area contributed by atoms with Gasteiger partial charge in [0.2, 0.25) is 0 Å². The average molecular weight is 153 g/mol. The zero-order valence-corrected chi connectivity index (χ0v) is 5.22. The van der Waals surface area contributed by atoms with Gasteiger partial charge in [-0.2, -0.15) is 0 Å². The van der Waals surface area contributed by atoms with Crippen molar-refractivity contribution in [1.29, 1.82) is 0 Å². The van der Waals surface area contributed by atoms with Crippen molar-refractivity contribution < 1.29 is 14.0 Å². The molecule has 0 aromatic rings. The SMILES string of the molecule is N/C(CNCC(F)F)=N\O. The minimum atomic E-state index is -2.41. The number of oxime groups is 1. The van der Waals surface area contributed by atoms with Crippen molar-refractivity contribution in [2.24, 2.45) is 10.9 Å². The molecule has 0 saturated carbocycles. The topological polar surface area (TPSA) is 70.6 Å². The van der Waals surface area contributed by atoms with Gasteiger partial charge in [0.1, 0.15) is 0 Å². The zero-order chi connectivity index (χ0) is 7.98. The Balaban J connectivity index is 3.20. The number of nitrogens with zero attached hydrogens (tertiary/aromatic N) is 1. The first kappa shape index (κ1) is 9.09. The van der Waals surface area contributed by atoms with Crippen molar-refractivity contribution in [3.63, 3.8) is 0 Å². The largest absolute Gasteiger partial charge is 0.409 e. The number of alkyl halides is 2. The van der Waals surface area contributed by atoms with Crippen LogP contribution < -0.4 is 11.1 Å². The van der Waals surface area contributed by atoms with Gasteiger partial charge in [0.05, 0.1) is 13.1 Å². The maximum Gasteiger partial charge on any atom is 0.250 e. The first-order valence-corrected chi connectivity index (χ1v) is 2.62. The van der Waals surface area contributed by atoms with E-state index < -0.39 is 13.0 Å². The number of amidine groups is 1. The van der Waals surface area contributed by atoms with Gasteiger partial charge in [-0.3, -0.25) is 0 Å². The van der Waals surface area contributed by atoms with Gasteiger partial charge in [-0.1, -0.05) is 5.16 Å². The molecule has 0 fully saturated rings. The molecule has 60 valence electrons. The maximum atomic E-state index is 11.4. The molecule has 0 amide bonds. The van der Waals surface area contributed by atoms with E-state index in [1.165, 1.54) is 0 Å². The van der Waals surface area contributed by atoms with Gasteiger partial charge in [0.25, 0.3) is 6.43 Å². The first-order chi connectivity index (χ1) is 4.66. The number of hydrogen-bond acceptors (Lipinski definition) is 3. The number of hydrogen-bond donors (Lipinski definition) is 3. The van der Waals surface area contributed by atoms with Crippen LogP contribution in [-0.4, -0.2) is 30.6 Å². The molecule has 0 spiro atoms. The summed E-state index contributed by atoms with van der Waals surface area (Å²) in [6, 6.07) is 0. The predicted molar refractivity (Wildman–Crippen MR) is 32.3 cm³/mol. The van der Waals surface area contributed by atoms with Gasteiger partial charge in [0, 0.05) is 0 Å². The number of rotatable bonds is 4. The summed E-state index contributed by atoms with van der Waals surface area (Å²) in [5, 5.41) is 12.8. The summed E-state index contributed by atoms with van der Waals surface area (Å²) in [7, 11) is 0. The Morgan fingerprint density at radius 1 is 1.70 bits per heavy atom. The molecule has 0 aliphatic heterocycles. The Hall–Kier alpha value is -0.910. The van der Waals surface area contributed by atoms with Crippen LogP contribution in [0.25, 0.3) is 0 Å². The lowest BCUT2D eigenvalue weighted by atomic mass is 10.5. The van der Waals surface area contributed by atoms with Crippen LogP contribution in [0.1, 0.15) is 0 Å². The van der Waals surface area contributed by atoms with E-state index in [-0.39, 0.29) is 12.4 Å². The van der Waals surface area contributed by atoms with Crippen LogP contribution in [-0.2, 0) is 0 Å². The highest BCUT2D eigenvalue weighted by Crippen LogP contribution is 1.86. The highest BCUT2D eigenvalue weighted by atomic mass is 19.3. The standard InChI is InChI=1S/C4H9F2N3O/c5-3(6)1-8-2-4(7)9-10/h3,8,10H,1-2H2,(H2,7,9). The summed E-state index contributed by atoms with van der Waals surface area (Å²) in [4.78, 5) is 0. The van der Waals surface area contributed by atoms with Crippen LogP contribution >= 0.6 is 0 Å². The third kappa shape index (κ3) is 5.23. The molecule has 0 unspecified atom stereocenters. The fourth-order valence-corrected chi connectivity index (χ4v) is 0.345. The molecule has 0 heterocycles. The lowest BCUT2D eigenvalue weighted by molar-refractivity contribution is 0.148. The lowest BCUT2D eigenvalue weighted by Crippen LogP contribution is -2.31. The van der Waals surface area contributed by atoms with Crippen molar-refractivity contribution in [3.05, 3.63) is 0 Å². The third-order valence-electron chi connectivity index (χ3n) is 0.733. The zero-order valence-electron chi connectivity index (χ0n) is 5.22. The average Bonchev–Trinajstić information content (AvgIpc) is 1.87. The van der Waals surface area contributed by atoms with Gasteiger partial charge in [-0.05, 0) is 0 Å². The summed E-state index contributed by atoms with van der Waals surface area (Å²) in [5.74, 6) is -0.111. The van der Waals surface area contributed by atoms with E-state index >= 15 is 0 Å². The monoisotopic (exact) mass is 153 g/mol. The molecule has 0 atom stereocenters. The van der Waals surface area contributed by atoms with Gasteiger partial charge in [0.15, 0.2) is 5.84 Å². The van der Waals surface area contributed by atoms with E-state index in [4.69, 9.17) is 10.9 Å². The highest BCUT2D eigenvalue weighted by Gasteiger charge is 2.00. The Morgan fingerprint density at radius 2 is 2.30 bits per heavy atom. The van der Waals surface area contributed by atoms with Crippen molar-refractivity contribution in [1.82, 2.24) is 5.32 Å². The third-order valence-corrected chi connectivity index (χ3v) is 0.733. The fourth-order valence-electron chi connectivity index (χ4n) is 0.345. The molecule has 10 heavy (non-hydrogen) atoms. The van der Waals surface area contributed by atoms with Crippen molar-refractivity contribution in [3.8, 4) is 0 Å². The van der Waals surface area contributed by atoms with E-state index in [1.807, 2.05) is 0 Å². The van der Waals surface area contributed by atoms with Crippen LogP contribution in [0.15, 0.2) is 5.16 Å². The van der Waals surface area contributed by atoms with Gasteiger partial charge < -0.3 is 16.3 Å². The van der Waals surface area contributed by atoms with Crippen LogP contribution in [0, 0.1) is 0 Å². The molecular weight excluding hydrogens is 144 g/mol. The highest BCUT2D eigenvalue weighted by molar-refractivity contribution is 5.81. The molecule has 4 N–H and O–H groups in total. The van der Waals surface area contributed by atoms with Crippen LogP contribution in [0.2, 0.25) is 0 Å². The molecule has 6 heteroatoms. The van der Waals surface area contributed by atoms with Gasteiger partial charge >= 0.3 is 0 Å². The second-order valence-corrected chi connectivity index (χ2v) is 1.61. The molecule has 0 radical (unpaired) electrons. The Labute approximate surface area is 56.7 Å². The van der Waals surface area contributed by atoms with E-state index in [9.17, 15) is 8.78 Å². The van der Waals surface area contributed by atoms with E-state index in [2.05, 4.69) is 10.5 Å². The predicted octanol–water partition coefficient (Wildman–Crippen LogP) is -0.413. The number of nitrogens with two attached hydrogens (primary N) is 1. The summed E-state index contributed by atoms with van der Waals surface area (Å²) in [6.45, 7) is -0.475. The smallest absolute Gasteiger partial charge is 0.250 e. The molecular formula is C4H9F2N3O. The summed E-state index contributed by atoms with van der Waals surface area (Å²) in [6.07, 6.45) is -2.41. The summed E-state index contributed by atoms with van der Waals surface area (Å²) < 4.78 is 22.8. The Kier molecular flexibility index (Phi) is 4.47. The normalized spacial score (nSPS) is 12.5. The van der Waals surface area contributed by atoms with Crippen molar-refractivity contribution >= 4 is 5.84 Å². The van der Waals surface area contributed by atoms with E-state index in [0.29, 0.717) is 0 Å². The van der Waals surface area contributed by atoms with E-state index in [0.717, 1.165) is 0 Å². The van der Waals surface area contributed by atoms with Crippen LogP contribution in [0.5, 0.6) is 0 Å². The first-order valence-electron chi connectivity index (χ1n) is 2.62. The van der Waals surface area contributed by atoms with Crippen LogP contribution in [0.4, 0.5) is 8.78 Å². The summed E-state index contributed by atoms with van der Waals surface area (Å²) in [5.41, 5.74) is 4.95. The quantitative estimate of drug-likeness (QED) is 0.222. The molecule has 0 rings (SSSR count). The fraction of sp³-hybridized carbons (Fsp3) is 0.750. The summed E-state index contributed by atoms with van der Waals surface area (Å²) >= 11 is 0. The van der Waals surface area contributed by atoms with Crippen LogP contribution in [0.3, 0.4) is 0 Å². The molecule has 0 aliphatic rings. The second kappa shape index (κ2) is 4.92. The van der Waals surface area contributed by atoms with E-state index in [1.54, 1.807) is 0 Å². The molecule has 0 aromatic heterocycles. The Morgan fingerprint density at radius 3 is 2.70 bits per heavy atom. The lowest BCUT2D eigenvalue weighted by Gasteiger charge is -2.00. The van der Waals surface area contributed by atoms with Gasteiger partial charge in [-0.25, -0.2) is 8.78 Å². The van der Waals surface area contributed by atoms with Gasteiger partial charge in [-0.15, -0.1) is 0 Å². The number of halogens is 2.